The van der Waals surface area contributed by atoms with Crippen LogP contribution in [0.3, 0.4) is 0 Å². The summed E-state index contributed by atoms with van der Waals surface area (Å²) < 4.78 is 30.3. The van der Waals surface area contributed by atoms with E-state index in [0.29, 0.717) is 32.1 Å². The van der Waals surface area contributed by atoms with Crippen molar-refractivity contribution in [2.45, 2.75) is 39.5 Å². The highest BCUT2D eigenvalue weighted by Gasteiger charge is 2.32. The Kier molecular flexibility index (Phi) is 4.89. The molecule has 1 aliphatic heterocycles. The van der Waals surface area contributed by atoms with Gasteiger partial charge in [0.2, 0.25) is 0 Å². The van der Waals surface area contributed by atoms with Crippen LogP contribution in [0.2, 0.25) is 0 Å². The number of nitrogens with zero attached hydrogens (tertiary/aromatic N) is 5. The van der Waals surface area contributed by atoms with Crippen molar-refractivity contribution in [1.82, 2.24) is 23.2 Å². The molecule has 3 rings (SSSR count). The molecule has 0 unspecified atom stereocenters. The predicted octanol–water partition coefficient (Wildman–Crippen LogP) is 1.80. The lowest BCUT2D eigenvalue weighted by Gasteiger charge is -2.34. The summed E-state index contributed by atoms with van der Waals surface area (Å²) in [6, 6.07) is 3.96. The van der Waals surface area contributed by atoms with Crippen LogP contribution in [0.1, 0.15) is 44.0 Å². The Labute approximate surface area is 143 Å². The second-order valence-electron chi connectivity index (χ2n) is 6.19. The maximum atomic E-state index is 12.6. The summed E-state index contributed by atoms with van der Waals surface area (Å²) in [7, 11) is -3.34. The first-order chi connectivity index (χ1) is 11.5. The fourth-order valence-electron chi connectivity index (χ4n) is 3.43. The van der Waals surface area contributed by atoms with Crippen LogP contribution < -0.4 is 0 Å². The lowest BCUT2D eigenvalue weighted by atomic mass is 9.94. The Morgan fingerprint density at radius 3 is 2.54 bits per heavy atom. The fraction of sp³-hybridized carbons (Fsp3) is 0.625. The molecule has 2 aromatic rings. The van der Waals surface area contributed by atoms with Crippen molar-refractivity contribution in [2.24, 2.45) is 0 Å². The van der Waals surface area contributed by atoms with Gasteiger partial charge in [-0.1, -0.05) is 13.8 Å². The zero-order chi connectivity index (χ0) is 17.3. The Hall–Kier alpha value is -1.51. The van der Waals surface area contributed by atoms with Gasteiger partial charge in [-0.15, -0.1) is 0 Å². The predicted molar refractivity (Wildman–Crippen MR) is 93.1 cm³/mol. The van der Waals surface area contributed by atoms with E-state index in [1.807, 2.05) is 43.6 Å². The summed E-state index contributed by atoms with van der Waals surface area (Å²) in [5.74, 6) is 0.304. The quantitative estimate of drug-likeness (QED) is 0.824. The van der Waals surface area contributed by atoms with Crippen LogP contribution >= 0.6 is 0 Å². The van der Waals surface area contributed by atoms with Gasteiger partial charge in [0.05, 0.1) is 5.69 Å². The lowest BCUT2D eigenvalue weighted by Crippen LogP contribution is -2.46. The Balaban J connectivity index is 1.77. The van der Waals surface area contributed by atoms with Gasteiger partial charge in [-0.2, -0.15) is 22.1 Å². The van der Waals surface area contributed by atoms with Gasteiger partial charge < -0.3 is 0 Å². The van der Waals surface area contributed by atoms with Gasteiger partial charge in [-0.25, -0.2) is 9.50 Å². The molecule has 132 valence electrons. The summed E-state index contributed by atoms with van der Waals surface area (Å²) >= 11 is 0. The lowest BCUT2D eigenvalue weighted by molar-refractivity contribution is 0.288. The van der Waals surface area contributed by atoms with Crippen LogP contribution in [0.25, 0.3) is 5.65 Å². The maximum absolute atomic E-state index is 12.6. The highest BCUT2D eigenvalue weighted by atomic mass is 32.2. The molecular formula is C16H25N5O2S. The molecule has 1 saturated heterocycles. The molecule has 2 aromatic heterocycles. The average Bonchev–Trinajstić information content (AvgIpc) is 2.96. The summed E-state index contributed by atoms with van der Waals surface area (Å²) in [5, 5.41) is 4.52. The molecular weight excluding hydrogens is 326 g/mol. The van der Waals surface area contributed by atoms with Gasteiger partial charge in [0, 0.05) is 50.1 Å². The smallest absolute Gasteiger partial charge is 0.237 e. The fourth-order valence-corrected chi connectivity index (χ4v) is 5.08. The highest BCUT2D eigenvalue weighted by molar-refractivity contribution is 7.86. The highest BCUT2D eigenvalue weighted by Crippen LogP contribution is 2.29. The molecule has 0 radical (unpaired) electrons. The van der Waals surface area contributed by atoms with Gasteiger partial charge in [-0.3, -0.25) is 0 Å². The number of rotatable bonds is 5. The third-order valence-corrected chi connectivity index (χ3v) is 6.93. The minimum atomic E-state index is -3.34. The van der Waals surface area contributed by atoms with Gasteiger partial charge in [0.15, 0.2) is 5.65 Å². The van der Waals surface area contributed by atoms with Crippen LogP contribution in [0.15, 0.2) is 18.3 Å². The summed E-state index contributed by atoms with van der Waals surface area (Å²) in [6.45, 7) is 7.83. The zero-order valence-electron chi connectivity index (χ0n) is 14.5. The molecule has 0 amide bonds. The third kappa shape index (κ3) is 3.05. The second-order valence-corrected chi connectivity index (χ2v) is 8.12. The monoisotopic (exact) mass is 351 g/mol. The number of fused-ring (bicyclic) bond motifs is 1. The number of hydrogen-bond acceptors (Lipinski definition) is 4. The summed E-state index contributed by atoms with van der Waals surface area (Å²) in [5.41, 5.74) is 2.91. The summed E-state index contributed by atoms with van der Waals surface area (Å²) in [4.78, 5) is 4.34. The molecule has 0 aliphatic carbocycles. The van der Waals surface area contributed by atoms with Gasteiger partial charge in [0.25, 0.3) is 10.2 Å². The molecule has 0 N–H and O–H groups in total. The first-order valence-electron chi connectivity index (χ1n) is 8.53. The molecule has 0 saturated carbocycles. The van der Waals surface area contributed by atoms with E-state index in [9.17, 15) is 8.42 Å². The SMILES string of the molecule is CCN(CC)S(=O)(=O)N1CCC(c2ccnc3cc(C)nn23)CC1. The number of hydrogen-bond donors (Lipinski definition) is 0. The van der Waals surface area contributed by atoms with Crippen molar-refractivity contribution in [2.75, 3.05) is 26.2 Å². The van der Waals surface area contributed by atoms with Crippen molar-refractivity contribution in [3.8, 4) is 0 Å². The number of aromatic nitrogens is 3. The second kappa shape index (κ2) is 6.78. The molecule has 8 heteroatoms. The molecule has 1 fully saturated rings. The van der Waals surface area contributed by atoms with E-state index in [1.165, 1.54) is 4.31 Å². The van der Waals surface area contributed by atoms with Crippen molar-refractivity contribution < 1.29 is 8.42 Å². The largest absolute Gasteiger partial charge is 0.281 e. The molecule has 0 aromatic carbocycles. The van der Waals surface area contributed by atoms with Crippen LogP contribution in [-0.2, 0) is 10.2 Å². The average molecular weight is 351 g/mol. The van der Waals surface area contributed by atoms with Crippen LogP contribution in [0, 0.1) is 6.92 Å². The molecule has 1 aliphatic rings. The topological polar surface area (TPSA) is 70.8 Å². The van der Waals surface area contributed by atoms with E-state index < -0.39 is 10.2 Å². The standard InChI is InChI=1S/C16H25N5O2S/c1-4-19(5-2)24(22,23)20-10-7-14(8-11-20)15-6-9-17-16-12-13(3)18-21(15)16/h6,9,12,14H,4-5,7-8,10-11H2,1-3H3. The minimum absolute atomic E-state index is 0.304. The maximum Gasteiger partial charge on any atom is 0.281 e. The van der Waals surface area contributed by atoms with Crippen molar-refractivity contribution in [3.63, 3.8) is 0 Å². The first-order valence-corrected chi connectivity index (χ1v) is 9.93. The molecule has 0 atom stereocenters. The molecule has 7 nitrogen and oxygen atoms in total. The van der Waals surface area contributed by atoms with Crippen molar-refractivity contribution in [3.05, 3.63) is 29.7 Å². The number of aryl methyl sites for hydroxylation is 1. The van der Waals surface area contributed by atoms with E-state index in [0.717, 1.165) is 29.9 Å². The number of piperidine rings is 1. The minimum Gasteiger partial charge on any atom is -0.237 e. The van der Waals surface area contributed by atoms with E-state index in [1.54, 1.807) is 4.31 Å². The van der Waals surface area contributed by atoms with Gasteiger partial charge in [0.1, 0.15) is 0 Å². The Morgan fingerprint density at radius 1 is 1.25 bits per heavy atom. The van der Waals surface area contributed by atoms with E-state index in [-0.39, 0.29) is 0 Å². The van der Waals surface area contributed by atoms with E-state index >= 15 is 0 Å². The van der Waals surface area contributed by atoms with Crippen molar-refractivity contribution >= 4 is 15.9 Å². The van der Waals surface area contributed by atoms with Gasteiger partial charge in [-0.05, 0) is 25.8 Å². The summed E-state index contributed by atoms with van der Waals surface area (Å²) in [6.07, 6.45) is 3.42. The Bertz CT molecular complexity index is 805. The van der Waals surface area contributed by atoms with Crippen LogP contribution in [-0.4, -0.2) is 57.8 Å². The van der Waals surface area contributed by atoms with Crippen molar-refractivity contribution in [1.29, 1.82) is 0 Å². The molecule has 3 heterocycles. The molecule has 0 spiro atoms. The third-order valence-electron chi connectivity index (χ3n) is 4.74. The zero-order valence-corrected chi connectivity index (χ0v) is 15.3. The molecule has 0 bridgehead atoms. The Morgan fingerprint density at radius 2 is 1.92 bits per heavy atom. The van der Waals surface area contributed by atoms with E-state index in [4.69, 9.17) is 0 Å². The normalized spacial score (nSPS) is 17.8. The van der Waals surface area contributed by atoms with E-state index in [2.05, 4.69) is 10.1 Å². The molecule has 24 heavy (non-hydrogen) atoms. The van der Waals surface area contributed by atoms with Crippen LogP contribution in [0.5, 0.6) is 0 Å². The van der Waals surface area contributed by atoms with Crippen LogP contribution in [0.4, 0.5) is 0 Å². The van der Waals surface area contributed by atoms with Gasteiger partial charge >= 0.3 is 0 Å². The first kappa shape index (κ1) is 17.3.